The van der Waals surface area contributed by atoms with Crippen molar-refractivity contribution in [2.24, 2.45) is 17.6 Å². The molecule has 0 saturated carbocycles. The molecule has 3 heteroatoms. The van der Waals surface area contributed by atoms with E-state index in [9.17, 15) is 9.59 Å². The lowest BCUT2D eigenvalue weighted by Crippen LogP contribution is -2.15. The number of carbonyl (C=O) groups excluding carboxylic acids is 2. The molecule has 33 heavy (non-hydrogen) atoms. The van der Waals surface area contributed by atoms with Gasteiger partial charge in [0.15, 0.2) is 5.78 Å². The van der Waals surface area contributed by atoms with E-state index >= 15 is 0 Å². The largest absolute Gasteiger partial charge is 0.366 e. The van der Waals surface area contributed by atoms with Gasteiger partial charge in [-0.25, -0.2) is 0 Å². The second kappa shape index (κ2) is 10.6. The monoisotopic (exact) mass is 439 g/mol. The van der Waals surface area contributed by atoms with Gasteiger partial charge in [0, 0.05) is 17.1 Å². The third kappa shape index (κ3) is 5.60. The van der Waals surface area contributed by atoms with Crippen molar-refractivity contribution < 1.29 is 9.59 Å². The zero-order valence-electron chi connectivity index (χ0n) is 19.4. The molecule has 2 atom stereocenters. The number of Topliss-reactive ketones (excluding diaryl/α,β-unsaturated/α-hetero) is 1. The fourth-order valence-corrected chi connectivity index (χ4v) is 5.16. The summed E-state index contributed by atoms with van der Waals surface area (Å²) in [5.41, 5.74) is 12.0. The molecule has 2 aliphatic carbocycles. The second-order valence-corrected chi connectivity index (χ2v) is 9.34. The molecule has 2 aromatic carbocycles. The van der Waals surface area contributed by atoms with Gasteiger partial charge in [-0.1, -0.05) is 79.2 Å². The molecular weight excluding hydrogens is 406 g/mol. The number of ketones is 1. The van der Waals surface area contributed by atoms with Crippen molar-refractivity contribution in [2.45, 2.75) is 51.9 Å². The molecule has 0 saturated heterocycles. The SMILES string of the molecule is CC1CC=CC(C(N)=O)=CC2=C1CCCC(C(=O)c1ccc(-c3ccccc3)cc1)CCC2. The van der Waals surface area contributed by atoms with Crippen LogP contribution in [0.2, 0.25) is 0 Å². The highest BCUT2D eigenvalue weighted by atomic mass is 16.1. The minimum atomic E-state index is -0.375. The topological polar surface area (TPSA) is 60.2 Å². The highest BCUT2D eigenvalue weighted by Crippen LogP contribution is 2.34. The first-order valence-electron chi connectivity index (χ1n) is 12.1. The van der Waals surface area contributed by atoms with Gasteiger partial charge in [0.25, 0.3) is 0 Å². The summed E-state index contributed by atoms with van der Waals surface area (Å²) < 4.78 is 0. The second-order valence-electron chi connectivity index (χ2n) is 9.34. The molecule has 0 aromatic heterocycles. The Morgan fingerprint density at radius 3 is 2.24 bits per heavy atom. The summed E-state index contributed by atoms with van der Waals surface area (Å²) in [7, 11) is 0. The molecule has 0 fully saturated rings. The molecule has 0 radical (unpaired) electrons. The van der Waals surface area contributed by atoms with Crippen molar-refractivity contribution in [3.05, 3.63) is 95.1 Å². The van der Waals surface area contributed by atoms with Crippen LogP contribution in [0.1, 0.15) is 62.2 Å². The number of hydrogen-bond acceptors (Lipinski definition) is 2. The standard InChI is InChI=1S/C30H33NO2/c1-21-8-5-14-27(30(31)33)20-26-13-6-11-24(12-7-15-28(21)26)29(32)25-18-16-23(17-19-25)22-9-3-2-4-10-22/h2-5,9-10,14,16-21,24H,6-8,11-13,15H2,1H3,(H2,31,33). The van der Waals surface area contributed by atoms with Crippen LogP contribution >= 0.6 is 0 Å². The van der Waals surface area contributed by atoms with E-state index in [1.165, 1.54) is 11.1 Å². The number of amides is 1. The molecule has 2 unspecified atom stereocenters. The van der Waals surface area contributed by atoms with Crippen LogP contribution in [0.4, 0.5) is 0 Å². The van der Waals surface area contributed by atoms with Crippen molar-refractivity contribution >= 4 is 11.7 Å². The van der Waals surface area contributed by atoms with Crippen molar-refractivity contribution in [2.75, 3.05) is 0 Å². The predicted octanol–water partition coefficient (Wildman–Crippen LogP) is 6.81. The van der Waals surface area contributed by atoms with Crippen molar-refractivity contribution in [3.63, 3.8) is 0 Å². The summed E-state index contributed by atoms with van der Waals surface area (Å²) >= 11 is 0. The summed E-state index contributed by atoms with van der Waals surface area (Å²) in [5, 5.41) is 0. The number of nitrogens with two attached hydrogens (primary N) is 1. The number of rotatable bonds is 4. The number of allylic oxidation sites excluding steroid dienone is 4. The lowest BCUT2D eigenvalue weighted by molar-refractivity contribution is -0.114. The zero-order chi connectivity index (χ0) is 23.2. The van der Waals surface area contributed by atoms with Crippen molar-refractivity contribution in [1.82, 2.24) is 0 Å². The maximum atomic E-state index is 13.4. The summed E-state index contributed by atoms with van der Waals surface area (Å²) in [6, 6.07) is 18.3. The minimum Gasteiger partial charge on any atom is -0.366 e. The van der Waals surface area contributed by atoms with E-state index in [1.54, 1.807) is 0 Å². The molecule has 4 rings (SSSR count). The van der Waals surface area contributed by atoms with Crippen molar-refractivity contribution in [3.8, 4) is 11.1 Å². The summed E-state index contributed by atoms with van der Waals surface area (Å²) in [6.07, 6.45) is 12.4. The van der Waals surface area contributed by atoms with Gasteiger partial charge in [0.2, 0.25) is 5.91 Å². The predicted molar refractivity (Wildman–Crippen MR) is 135 cm³/mol. The first kappa shape index (κ1) is 23.0. The zero-order valence-corrected chi connectivity index (χ0v) is 19.4. The van der Waals surface area contributed by atoms with Crippen LogP contribution in [0, 0.1) is 11.8 Å². The van der Waals surface area contributed by atoms with Gasteiger partial charge in [-0.3, -0.25) is 9.59 Å². The molecule has 0 bridgehead atoms. The Balaban J connectivity index is 1.48. The van der Waals surface area contributed by atoms with E-state index in [4.69, 9.17) is 5.73 Å². The van der Waals surface area contributed by atoms with Gasteiger partial charge in [0.1, 0.15) is 0 Å². The van der Waals surface area contributed by atoms with Gasteiger partial charge < -0.3 is 5.73 Å². The molecule has 0 heterocycles. The van der Waals surface area contributed by atoms with Crippen LogP contribution in [0.25, 0.3) is 11.1 Å². The molecule has 3 nitrogen and oxygen atoms in total. The molecule has 2 aromatic rings. The number of primary amides is 1. The lowest BCUT2D eigenvalue weighted by atomic mass is 9.85. The van der Waals surface area contributed by atoms with E-state index in [0.29, 0.717) is 11.5 Å². The van der Waals surface area contributed by atoms with Crippen molar-refractivity contribution in [1.29, 1.82) is 0 Å². The molecule has 2 aliphatic rings. The average Bonchev–Trinajstić information content (AvgIpc) is 2.92. The van der Waals surface area contributed by atoms with Crippen LogP contribution < -0.4 is 5.73 Å². The highest BCUT2D eigenvalue weighted by molar-refractivity contribution is 5.98. The van der Waals surface area contributed by atoms with Crippen LogP contribution in [-0.2, 0) is 4.79 Å². The van der Waals surface area contributed by atoms with Gasteiger partial charge in [0.05, 0.1) is 0 Å². The molecule has 0 aliphatic heterocycles. The average molecular weight is 440 g/mol. The van der Waals surface area contributed by atoms with Crippen LogP contribution in [-0.4, -0.2) is 11.7 Å². The van der Waals surface area contributed by atoms with Crippen LogP contribution in [0.3, 0.4) is 0 Å². The third-order valence-corrected chi connectivity index (χ3v) is 7.05. The maximum absolute atomic E-state index is 13.4. The van der Waals surface area contributed by atoms with Gasteiger partial charge in [-0.15, -0.1) is 0 Å². The summed E-state index contributed by atoms with van der Waals surface area (Å²) in [5.74, 6) is 0.373. The molecular formula is C30H33NO2. The van der Waals surface area contributed by atoms with Crippen LogP contribution in [0.5, 0.6) is 0 Å². The van der Waals surface area contributed by atoms with E-state index in [2.05, 4.69) is 37.3 Å². The highest BCUT2D eigenvalue weighted by Gasteiger charge is 2.24. The van der Waals surface area contributed by atoms with Crippen LogP contribution in [0.15, 0.2) is 89.5 Å². The summed E-state index contributed by atoms with van der Waals surface area (Å²) in [4.78, 5) is 25.2. The Kier molecular flexibility index (Phi) is 7.39. The molecule has 1 amide bonds. The van der Waals surface area contributed by atoms with E-state index < -0.39 is 0 Å². The maximum Gasteiger partial charge on any atom is 0.248 e. The molecule has 170 valence electrons. The quantitative estimate of drug-likeness (QED) is 0.532. The lowest BCUT2D eigenvalue weighted by Gasteiger charge is -2.20. The first-order valence-corrected chi connectivity index (χ1v) is 12.1. The molecule has 2 N–H and O–H groups in total. The fraction of sp³-hybridized carbons (Fsp3) is 0.333. The minimum absolute atomic E-state index is 0.0475. The Labute approximate surface area is 197 Å². The van der Waals surface area contributed by atoms with Gasteiger partial charge in [-0.2, -0.15) is 0 Å². The number of hydrogen-bond donors (Lipinski definition) is 1. The Hall–Kier alpha value is -3.20. The summed E-state index contributed by atoms with van der Waals surface area (Å²) in [6.45, 7) is 2.26. The number of benzene rings is 2. The van der Waals surface area contributed by atoms with Gasteiger partial charge in [-0.05, 0) is 73.6 Å². The normalized spacial score (nSPS) is 21.5. The van der Waals surface area contributed by atoms with E-state index in [1.807, 2.05) is 42.5 Å². The third-order valence-electron chi connectivity index (χ3n) is 7.05. The smallest absolute Gasteiger partial charge is 0.248 e. The molecule has 0 spiro atoms. The first-order chi connectivity index (χ1) is 16.0. The Morgan fingerprint density at radius 1 is 0.879 bits per heavy atom. The Bertz CT molecular complexity index is 1090. The van der Waals surface area contributed by atoms with E-state index in [-0.39, 0.29) is 17.6 Å². The van der Waals surface area contributed by atoms with Gasteiger partial charge >= 0.3 is 0 Å². The number of carbonyl (C=O) groups is 2. The van der Waals surface area contributed by atoms with E-state index in [0.717, 1.165) is 61.6 Å². The Morgan fingerprint density at radius 2 is 1.55 bits per heavy atom. The fourth-order valence-electron chi connectivity index (χ4n) is 5.16.